The molecule has 1 fully saturated rings. The highest BCUT2D eigenvalue weighted by Crippen LogP contribution is 2.18. The molecule has 2 rings (SSSR count). The first-order valence-corrected chi connectivity index (χ1v) is 7.41. The van der Waals surface area contributed by atoms with Gasteiger partial charge in [0.25, 0.3) is 0 Å². The number of hydrogen-bond donors (Lipinski definition) is 1. The lowest BCUT2D eigenvalue weighted by atomic mass is 10.2. The van der Waals surface area contributed by atoms with Crippen molar-refractivity contribution in [3.8, 4) is 0 Å². The molecule has 1 aliphatic carbocycles. The van der Waals surface area contributed by atoms with Gasteiger partial charge in [-0.25, -0.2) is 4.39 Å². The molecule has 0 atom stereocenters. The van der Waals surface area contributed by atoms with Crippen LogP contribution in [0.3, 0.4) is 0 Å². The fraction of sp³-hybridized carbons (Fsp3) is 0.625. The molecule has 1 aliphatic rings. The van der Waals surface area contributed by atoms with Gasteiger partial charge in [-0.3, -0.25) is 0 Å². The van der Waals surface area contributed by atoms with E-state index in [1.807, 2.05) is 12.1 Å². The summed E-state index contributed by atoms with van der Waals surface area (Å²) in [4.78, 5) is 2.20. The van der Waals surface area contributed by atoms with Crippen molar-refractivity contribution in [1.29, 1.82) is 0 Å². The first-order valence-electron chi connectivity index (χ1n) is 7.41. The molecule has 0 heterocycles. The fourth-order valence-electron chi connectivity index (χ4n) is 2.27. The number of unbranched alkanes of at least 4 members (excludes halogenated alkanes) is 2. The van der Waals surface area contributed by atoms with Gasteiger partial charge in [-0.2, -0.15) is 0 Å². The zero-order valence-corrected chi connectivity index (χ0v) is 11.9. The third kappa shape index (κ3) is 5.70. The Morgan fingerprint density at radius 1 is 1.21 bits per heavy atom. The van der Waals surface area contributed by atoms with Gasteiger partial charge in [0.2, 0.25) is 0 Å². The van der Waals surface area contributed by atoms with Crippen molar-refractivity contribution in [2.24, 2.45) is 0 Å². The number of benzene rings is 1. The van der Waals surface area contributed by atoms with Crippen molar-refractivity contribution in [1.82, 2.24) is 10.2 Å². The van der Waals surface area contributed by atoms with Crippen LogP contribution in [0, 0.1) is 5.82 Å². The Morgan fingerprint density at radius 2 is 2.00 bits per heavy atom. The van der Waals surface area contributed by atoms with Crippen molar-refractivity contribution in [3.63, 3.8) is 0 Å². The molecule has 2 nitrogen and oxygen atoms in total. The summed E-state index contributed by atoms with van der Waals surface area (Å²) in [6.45, 7) is 2.90. The molecule has 106 valence electrons. The van der Waals surface area contributed by atoms with Gasteiger partial charge in [-0.1, -0.05) is 24.6 Å². The maximum Gasteiger partial charge on any atom is 0.127 e. The lowest BCUT2D eigenvalue weighted by Crippen LogP contribution is -2.21. The quantitative estimate of drug-likeness (QED) is 0.689. The molecule has 3 heteroatoms. The molecule has 0 spiro atoms. The monoisotopic (exact) mass is 264 g/mol. The largest absolute Gasteiger partial charge is 0.314 e. The first-order chi connectivity index (χ1) is 9.25. The predicted octanol–water partition coefficient (Wildman–Crippen LogP) is 3.18. The molecule has 0 unspecified atom stereocenters. The second-order valence-electron chi connectivity index (χ2n) is 5.62. The molecular formula is C16H25FN2. The van der Waals surface area contributed by atoms with Crippen LogP contribution >= 0.6 is 0 Å². The van der Waals surface area contributed by atoms with Crippen molar-refractivity contribution in [2.45, 2.75) is 44.7 Å². The average Bonchev–Trinajstić information content (AvgIpc) is 3.20. The van der Waals surface area contributed by atoms with Crippen LogP contribution in [0.5, 0.6) is 0 Å². The van der Waals surface area contributed by atoms with Crippen LogP contribution in [0.25, 0.3) is 0 Å². The minimum Gasteiger partial charge on any atom is -0.314 e. The van der Waals surface area contributed by atoms with Crippen molar-refractivity contribution in [3.05, 3.63) is 35.6 Å². The molecule has 0 aromatic heterocycles. The van der Waals surface area contributed by atoms with E-state index in [4.69, 9.17) is 0 Å². The third-order valence-electron chi connectivity index (χ3n) is 3.63. The summed E-state index contributed by atoms with van der Waals surface area (Å²) >= 11 is 0. The van der Waals surface area contributed by atoms with Crippen LogP contribution in [-0.4, -0.2) is 31.1 Å². The van der Waals surface area contributed by atoms with Gasteiger partial charge in [0, 0.05) is 18.2 Å². The highest BCUT2D eigenvalue weighted by Gasteiger charge is 2.19. The molecule has 1 aromatic carbocycles. The topological polar surface area (TPSA) is 15.3 Å². The highest BCUT2D eigenvalue weighted by atomic mass is 19.1. The van der Waals surface area contributed by atoms with E-state index in [0.717, 1.165) is 24.7 Å². The molecular weight excluding hydrogens is 239 g/mol. The predicted molar refractivity (Wildman–Crippen MR) is 77.6 cm³/mol. The van der Waals surface area contributed by atoms with Crippen molar-refractivity contribution in [2.75, 3.05) is 20.1 Å². The summed E-state index contributed by atoms with van der Waals surface area (Å²) in [5.74, 6) is -0.0945. The standard InChI is InChI=1S/C16H25FN2/c1-19(13-14-7-3-4-8-16(14)17)12-6-2-5-11-18-15-9-10-15/h3-4,7-8,15,18H,2,5-6,9-13H2,1H3. The molecule has 1 aromatic rings. The van der Waals surface area contributed by atoms with E-state index in [0.29, 0.717) is 6.54 Å². The zero-order valence-electron chi connectivity index (χ0n) is 11.9. The van der Waals surface area contributed by atoms with Gasteiger partial charge < -0.3 is 10.2 Å². The first kappa shape index (κ1) is 14.5. The van der Waals surface area contributed by atoms with Crippen molar-refractivity contribution < 1.29 is 4.39 Å². The van der Waals surface area contributed by atoms with E-state index >= 15 is 0 Å². The third-order valence-corrected chi connectivity index (χ3v) is 3.63. The van der Waals surface area contributed by atoms with E-state index in [1.54, 1.807) is 6.07 Å². The van der Waals surface area contributed by atoms with Gasteiger partial charge in [0.1, 0.15) is 5.82 Å². The minimum atomic E-state index is -0.0945. The molecule has 1 N–H and O–H groups in total. The molecule has 0 aliphatic heterocycles. The fourth-order valence-corrected chi connectivity index (χ4v) is 2.27. The van der Waals surface area contributed by atoms with E-state index in [9.17, 15) is 4.39 Å². The summed E-state index contributed by atoms with van der Waals surface area (Å²) in [7, 11) is 2.06. The minimum absolute atomic E-state index is 0.0945. The van der Waals surface area contributed by atoms with Gasteiger partial charge >= 0.3 is 0 Å². The zero-order chi connectivity index (χ0) is 13.5. The number of hydrogen-bond acceptors (Lipinski definition) is 2. The number of nitrogens with one attached hydrogen (secondary N) is 1. The van der Waals surface area contributed by atoms with Crippen LogP contribution < -0.4 is 5.32 Å². The summed E-state index contributed by atoms with van der Waals surface area (Å²) in [5, 5.41) is 3.53. The van der Waals surface area contributed by atoms with Crippen LogP contribution in [0.1, 0.15) is 37.7 Å². The molecule has 19 heavy (non-hydrogen) atoms. The molecule has 1 saturated carbocycles. The maximum absolute atomic E-state index is 13.5. The number of nitrogens with zero attached hydrogens (tertiary/aromatic N) is 1. The van der Waals surface area contributed by atoms with E-state index in [-0.39, 0.29) is 5.82 Å². The van der Waals surface area contributed by atoms with E-state index < -0.39 is 0 Å². The molecule has 0 amide bonds. The smallest absolute Gasteiger partial charge is 0.127 e. The maximum atomic E-state index is 13.5. The Bertz CT molecular complexity index is 377. The molecule has 0 bridgehead atoms. The lowest BCUT2D eigenvalue weighted by molar-refractivity contribution is 0.312. The highest BCUT2D eigenvalue weighted by molar-refractivity contribution is 5.16. The van der Waals surface area contributed by atoms with Crippen LogP contribution in [0.4, 0.5) is 4.39 Å². The Labute approximate surface area is 116 Å². The summed E-state index contributed by atoms with van der Waals surface area (Å²) in [5.41, 5.74) is 0.792. The number of halogens is 1. The molecule has 0 saturated heterocycles. The second-order valence-corrected chi connectivity index (χ2v) is 5.62. The van der Waals surface area contributed by atoms with Gasteiger partial charge in [-0.05, 0) is 51.9 Å². The normalized spacial score (nSPS) is 15.1. The van der Waals surface area contributed by atoms with Gasteiger partial charge in [-0.15, -0.1) is 0 Å². The van der Waals surface area contributed by atoms with Crippen LogP contribution in [-0.2, 0) is 6.54 Å². The molecule has 0 radical (unpaired) electrons. The van der Waals surface area contributed by atoms with E-state index in [1.165, 1.54) is 38.2 Å². The van der Waals surface area contributed by atoms with Crippen molar-refractivity contribution >= 4 is 0 Å². The number of rotatable bonds is 9. The average molecular weight is 264 g/mol. The van der Waals surface area contributed by atoms with Crippen LogP contribution in [0.15, 0.2) is 24.3 Å². The lowest BCUT2D eigenvalue weighted by Gasteiger charge is -2.17. The second kappa shape index (κ2) is 7.61. The van der Waals surface area contributed by atoms with Crippen LogP contribution in [0.2, 0.25) is 0 Å². The van der Waals surface area contributed by atoms with Gasteiger partial charge in [0.15, 0.2) is 0 Å². The summed E-state index contributed by atoms with van der Waals surface area (Å²) in [6.07, 6.45) is 6.43. The summed E-state index contributed by atoms with van der Waals surface area (Å²) < 4.78 is 13.5. The Kier molecular flexibility index (Phi) is 5.80. The Morgan fingerprint density at radius 3 is 2.74 bits per heavy atom. The Balaban J connectivity index is 1.53. The Hall–Kier alpha value is -0.930. The summed E-state index contributed by atoms with van der Waals surface area (Å²) in [6, 6.07) is 7.86. The van der Waals surface area contributed by atoms with Gasteiger partial charge in [0.05, 0.1) is 0 Å². The SMILES string of the molecule is CN(CCCCCNC1CC1)Cc1ccccc1F. The van der Waals surface area contributed by atoms with E-state index in [2.05, 4.69) is 17.3 Å².